The summed E-state index contributed by atoms with van der Waals surface area (Å²) in [6.07, 6.45) is 2.74. The van der Waals surface area contributed by atoms with Crippen molar-refractivity contribution in [1.82, 2.24) is 15.0 Å². The number of nitrogens with one attached hydrogen (secondary N) is 2. The first-order valence-electron chi connectivity index (χ1n) is 6.90. The molecule has 0 saturated carbocycles. The minimum atomic E-state index is 0.748. The molecule has 0 saturated heterocycles. The Morgan fingerprint density at radius 1 is 1.10 bits per heavy atom. The molecule has 0 aliphatic heterocycles. The SMILES string of the molecule is CCNc1nc(CC)nc(NCc2cnc(C)s2)c1C. The second-order valence-electron chi connectivity index (χ2n) is 4.55. The molecule has 0 unspecified atom stereocenters. The lowest BCUT2D eigenvalue weighted by molar-refractivity contribution is 0.920. The quantitative estimate of drug-likeness (QED) is 0.856. The summed E-state index contributed by atoms with van der Waals surface area (Å²) in [5.74, 6) is 2.68. The highest BCUT2D eigenvalue weighted by Crippen LogP contribution is 2.21. The average Bonchev–Trinajstić information content (AvgIpc) is 2.85. The Bertz CT molecular complexity index is 579. The summed E-state index contributed by atoms with van der Waals surface area (Å²) in [5, 5.41) is 7.77. The molecule has 2 aromatic heterocycles. The first kappa shape index (κ1) is 14.7. The third-order valence-corrected chi connectivity index (χ3v) is 3.86. The Morgan fingerprint density at radius 3 is 2.35 bits per heavy atom. The van der Waals surface area contributed by atoms with Crippen molar-refractivity contribution in [3.63, 3.8) is 0 Å². The van der Waals surface area contributed by atoms with Crippen molar-refractivity contribution in [1.29, 1.82) is 0 Å². The van der Waals surface area contributed by atoms with E-state index in [0.717, 1.165) is 47.5 Å². The van der Waals surface area contributed by atoms with E-state index in [1.54, 1.807) is 11.3 Å². The molecule has 0 aliphatic rings. The number of hydrogen-bond donors (Lipinski definition) is 2. The molecule has 0 bridgehead atoms. The molecule has 2 rings (SSSR count). The van der Waals surface area contributed by atoms with Gasteiger partial charge in [0.05, 0.1) is 11.6 Å². The van der Waals surface area contributed by atoms with E-state index in [-0.39, 0.29) is 0 Å². The molecule has 0 aromatic carbocycles. The molecule has 20 heavy (non-hydrogen) atoms. The number of hydrogen-bond acceptors (Lipinski definition) is 6. The van der Waals surface area contributed by atoms with Crippen molar-refractivity contribution in [3.05, 3.63) is 27.5 Å². The molecule has 5 nitrogen and oxygen atoms in total. The third kappa shape index (κ3) is 3.45. The maximum Gasteiger partial charge on any atom is 0.135 e. The summed E-state index contributed by atoms with van der Waals surface area (Å²) in [6.45, 7) is 9.80. The first-order chi connectivity index (χ1) is 9.63. The summed E-state index contributed by atoms with van der Waals surface area (Å²) in [4.78, 5) is 14.6. The lowest BCUT2D eigenvalue weighted by atomic mass is 10.3. The Labute approximate surface area is 123 Å². The van der Waals surface area contributed by atoms with Gasteiger partial charge in [-0.3, -0.25) is 0 Å². The zero-order chi connectivity index (χ0) is 14.5. The highest BCUT2D eigenvalue weighted by Gasteiger charge is 2.10. The predicted molar refractivity (Wildman–Crippen MR) is 84.5 cm³/mol. The van der Waals surface area contributed by atoms with E-state index in [1.807, 2.05) is 20.0 Å². The molecule has 108 valence electrons. The number of aromatic nitrogens is 3. The van der Waals surface area contributed by atoms with Crippen LogP contribution < -0.4 is 10.6 Å². The van der Waals surface area contributed by atoms with Crippen LogP contribution in [0.1, 0.15) is 35.1 Å². The van der Waals surface area contributed by atoms with Gasteiger partial charge in [-0.2, -0.15) is 0 Å². The molecule has 6 heteroatoms. The maximum atomic E-state index is 4.58. The van der Waals surface area contributed by atoms with Gasteiger partial charge in [-0.05, 0) is 20.8 Å². The molecular formula is C14H21N5S. The van der Waals surface area contributed by atoms with Gasteiger partial charge in [0.2, 0.25) is 0 Å². The summed E-state index contributed by atoms with van der Waals surface area (Å²) in [7, 11) is 0. The Morgan fingerprint density at radius 2 is 1.80 bits per heavy atom. The van der Waals surface area contributed by atoms with E-state index in [1.165, 1.54) is 4.88 Å². The lowest BCUT2D eigenvalue weighted by Gasteiger charge is -2.13. The van der Waals surface area contributed by atoms with Crippen LogP contribution in [0.3, 0.4) is 0 Å². The van der Waals surface area contributed by atoms with E-state index in [0.29, 0.717) is 0 Å². The van der Waals surface area contributed by atoms with Gasteiger partial charge in [-0.1, -0.05) is 6.92 Å². The molecule has 2 N–H and O–H groups in total. The number of anilines is 2. The number of rotatable bonds is 6. The van der Waals surface area contributed by atoms with Crippen LogP contribution in [0.4, 0.5) is 11.6 Å². The van der Waals surface area contributed by atoms with E-state index in [4.69, 9.17) is 0 Å². The van der Waals surface area contributed by atoms with Crippen LogP contribution >= 0.6 is 11.3 Å². The smallest absolute Gasteiger partial charge is 0.135 e. The van der Waals surface area contributed by atoms with Crippen molar-refractivity contribution in [2.45, 2.75) is 40.7 Å². The standard InChI is InChI=1S/C14H21N5S/c1-5-12-18-13(15-6-2)9(3)14(19-12)17-8-11-7-16-10(4)20-11/h7H,5-6,8H2,1-4H3,(H2,15,17,18,19). The summed E-state index contributed by atoms with van der Waals surface area (Å²) in [5.41, 5.74) is 1.06. The third-order valence-electron chi connectivity index (χ3n) is 2.95. The molecule has 0 atom stereocenters. The van der Waals surface area contributed by atoms with Crippen LogP contribution in [0.5, 0.6) is 0 Å². The molecule has 0 radical (unpaired) electrons. The fourth-order valence-corrected chi connectivity index (χ4v) is 2.63. The largest absolute Gasteiger partial charge is 0.370 e. The van der Waals surface area contributed by atoms with Gasteiger partial charge in [0.1, 0.15) is 17.5 Å². The Kier molecular flexibility index (Phi) is 4.89. The molecule has 0 amide bonds. The van der Waals surface area contributed by atoms with Crippen LogP contribution in [0.2, 0.25) is 0 Å². The van der Waals surface area contributed by atoms with Gasteiger partial charge >= 0.3 is 0 Å². The molecule has 2 heterocycles. The Balaban J connectivity index is 2.19. The number of nitrogens with zero attached hydrogens (tertiary/aromatic N) is 3. The van der Waals surface area contributed by atoms with Gasteiger partial charge in [0.25, 0.3) is 0 Å². The van der Waals surface area contributed by atoms with Gasteiger partial charge in [0, 0.05) is 29.6 Å². The molecule has 2 aromatic rings. The fraction of sp³-hybridized carbons (Fsp3) is 0.500. The minimum absolute atomic E-state index is 0.748. The van der Waals surface area contributed by atoms with E-state index in [2.05, 4.69) is 39.4 Å². The van der Waals surface area contributed by atoms with Gasteiger partial charge in [-0.15, -0.1) is 11.3 Å². The monoisotopic (exact) mass is 291 g/mol. The van der Waals surface area contributed by atoms with Crippen molar-refractivity contribution < 1.29 is 0 Å². The van der Waals surface area contributed by atoms with Gasteiger partial charge < -0.3 is 10.6 Å². The molecule has 0 fully saturated rings. The zero-order valence-corrected chi connectivity index (χ0v) is 13.3. The number of aryl methyl sites for hydroxylation is 2. The van der Waals surface area contributed by atoms with Crippen LogP contribution in [0.25, 0.3) is 0 Å². The summed E-state index contributed by atoms with van der Waals surface area (Å²) in [6, 6.07) is 0. The van der Waals surface area contributed by atoms with Crippen LogP contribution in [-0.4, -0.2) is 21.5 Å². The predicted octanol–water partition coefficient (Wildman–Crippen LogP) is 3.16. The van der Waals surface area contributed by atoms with Crippen LogP contribution in [0.15, 0.2) is 6.20 Å². The topological polar surface area (TPSA) is 62.7 Å². The molecule has 0 aliphatic carbocycles. The van der Waals surface area contributed by atoms with Gasteiger partial charge in [0.15, 0.2) is 0 Å². The first-order valence-corrected chi connectivity index (χ1v) is 7.72. The average molecular weight is 291 g/mol. The molecular weight excluding hydrogens is 270 g/mol. The minimum Gasteiger partial charge on any atom is -0.370 e. The Hall–Kier alpha value is -1.69. The van der Waals surface area contributed by atoms with Crippen molar-refractivity contribution in [2.75, 3.05) is 17.2 Å². The highest BCUT2D eigenvalue weighted by molar-refractivity contribution is 7.11. The summed E-state index contributed by atoms with van der Waals surface area (Å²) < 4.78 is 0. The van der Waals surface area contributed by atoms with Crippen molar-refractivity contribution in [3.8, 4) is 0 Å². The zero-order valence-electron chi connectivity index (χ0n) is 12.4. The lowest BCUT2D eigenvalue weighted by Crippen LogP contribution is -2.10. The van der Waals surface area contributed by atoms with Crippen molar-refractivity contribution >= 4 is 23.0 Å². The number of thiazole rings is 1. The molecule has 0 spiro atoms. The fourth-order valence-electron chi connectivity index (χ4n) is 1.89. The van der Waals surface area contributed by atoms with E-state index < -0.39 is 0 Å². The van der Waals surface area contributed by atoms with E-state index >= 15 is 0 Å². The van der Waals surface area contributed by atoms with Crippen molar-refractivity contribution in [2.24, 2.45) is 0 Å². The highest BCUT2D eigenvalue weighted by atomic mass is 32.1. The second kappa shape index (κ2) is 6.65. The van der Waals surface area contributed by atoms with Gasteiger partial charge in [-0.25, -0.2) is 15.0 Å². The summed E-state index contributed by atoms with van der Waals surface area (Å²) >= 11 is 1.70. The van der Waals surface area contributed by atoms with Crippen LogP contribution in [0, 0.1) is 13.8 Å². The van der Waals surface area contributed by atoms with E-state index in [9.17, 15) is 0 Å². The normalized spacial score (nSPS) is 10.6. The second-order valence-corrected chi connectivity index (χ2v) is 5.86. The maximum absolute atomic E-state index is 4.58. The van der Waals surface area contributed by atoms with Crippen LogP contribution in [-0.2, 0) is 13.0 Å².